The smallest absolute Gasteiger partial charge is 0.411 e. The van der Waals surface area contributed by atoms with E-state index in [-0.39, 0.29) is 10.9 Å². The number of ether oxygens (including phenoxy) is 1. The zero-order valence-corrected chi connectivity index (χ0v) is 12.5. The Kier molecular flexibility index (Phi) is 4.85. The second kappa shape index (κ2) is 6.43. The number of hydrogen-bond acceptors (Lipinski definition) is 5. The molecule has 0 bridgehead atoms. The van der Waals surface area contributed by atoms with Gasteiger partial charge in [-0.3, -0.25) is 5.32 Å². The molecule has 0 aromatic heterocycles. The maximum Gasteiger partial charge on any atom is 0.411 e. The molecule has 1 atom stereocenters. The van der Waals surface area contributed by atoms with E-state index in [2.05, 4.69) is 10.1 Å². The Hall–Kier alpha value is -1.31. The number of benzene rings is 1. The molecule has 110 valence electrons. The quantitative estimate of drug-likeness (QED) is 0.659. The molecule has 8 heteroatoms. The van der Waals surface area contributed by atoms with Gasteiger partial charge in [-0.15, -0.1) is 0 Å². The molecule has 6 nitrogen and oxygen atoms in total. The van der Waals surface area contributed by atoms with Crippen molar-refractivity contribution in [1.29, 1.82) is 0 Å². The van der Waals surface area contributed by atoms with Crippen LogP contribution in [0.3, 0.4) is 0 Å². The van der Waals surface area contributed by atoms with Gasteiger partial charge in [0.2, 0.25) is 0 Å². The fourth-order valence-electron chi connectivity index (χ4n) is 2.27. The van der Waals surface area contributed by atoms with E-state index in [4.69, 9.17) is 11.8 Å². The van der Waals surface area contributed by atoms with E-state index in [1.54, 1.807) is 10.5 Å². The summed E-state index contributed by atoms with van der Waals surface area (Å²) in [5.74, 6) is 0. The number of nitrogens with one attached hydrogen (secondary N) is 1. The number of carbonyl (C=O) groups excluding carboxylic acids is 1. The molecule has 0 saturated carbocycles. The Balaban J connectivity index is 2.39. The molecule has 0 spiro atoms. The van der Waals surface area contributed by atoms with Crippen molar-refractivity contribution in [2.24, 2.45) is 0 Å². The third-order valence-electron chi connectivity index (χ3n) is 3.20. The van der Waals surface area contributed by atoms with Crippen LogP contribution in [0.5, 0.6) is 0 Å². The second-order valence-corrected chi connectivity index (χ2v) is 5.86. The number of anilines is 1. The van der Waals surface area contributed by atoms with Crippen molar-refractivity contribution in [2.45, 2.75) is 23.8 Å². The summed E-state index contributed by atoms with van der Waals surface area (Å²) < 4.78 is 28.8. The van der Waals surface area contributed by atoms with E-state index >= 15 is 0 Å². The van der Waals surface area contributed by atoms with Gasteiger partial charge in [-0.25, -0.2) is 17.6 Å². The Morgan fingerprint density at radius 2 is 2.25 bits per heavy atom. The lowest BCUT2D eigenvalue weighted by molar-refractivity contribution is 0.187. The molecule has 1 fully saturated rings. The monoisotopic (exact) mass is 318 g/mol. The molecule has 20 heavy (non-hydrogen) atoms. The number of carbonyl (C=O) groups is 1. The van der Waals surface area contributed by atoms with Gasteiger partial charge in [-0.2, -0.15) is 0 Å². The molecule has 1 aromatic rings. The van der Waals surface area contributed by atoms with E-state index in [1.807, 2.05) is 0 Å². The van der Waals surface area contributed by atoms with E-state index in [9.17, 15) is 13.2 Å². The molecule has 0 radical (unpaired) electrons. The van der Waals surface area contributed by atoms with Gasteiger partial charge in [0.15, 0.2) is 10.7 Å². The van der Waals surface area contributed by atoms with Gasteiger partial charge in [0.05, 0.1) is 18.0 Å². The highest BCUT2D eigenvalue weighted by atomic mass is 35.5. The number of rotatable bonds is 3. The first-order chi connectivity index (χ1) is 9.52. The summed E-state index contributed by atoms with van der Waals surface area (Å²) in [6, 6.07) is 4.45. The van der Waals surface area contributed by atoms with Crippen LogP contribution in [0.2, 0.25) is 0 Å². The number of hydrogen-bond donors (Lipinski definition) is 2. The number of methoxy groups -OCH3 is 1. The maximum atomic E-state index is 11.3. The van der Waals surface area contributed by atoms with E-state index in [0.29, 0.717) is 17.8 Å². The van der Waals surface area contributed by atoms with Crippen LogP contribution < -0.4 is 5.32 Å². The zero-order chi connectivity index (χ0) is 14.7. The molecular formula is C12H15ClN2O4S. The minimum Gasteiger partial charge on any atom is -0.453 e. The van der Waals surface area contributed by atoms with Crippen molar-refractivity contribution >= 4 is 34.3 Å². The van der Waals surface area contributed by atoms with Gasteiger partial charge in [0, 0.05) is 12.2 Å². The summed E-state index contributed by atoms with van der Waals surface area (Å²) in [5.41, 5.74) is 1.08. The molecule has 2 rings (SSSR count). The van der Waals surface area contributed by atoms with Crippen LogP contribution in [-0.4, -0.2) is 32.6 Å². The third kappa shape index (κ3) is 3.23. The van der Waals surface area contributed by atoms with Crippen molar-refractivity contribution in [1.82, 2.24) is 4.42 Å². The second-order valence-electron chi connectivity index (χ2n) is 4.43. The van der Waals surface area contributed by atoms with Crippen molar-refractivity contribution in [3.63, 3.8) is 0 Å². The average molecular weight is 319 g/mol. The first-order valence-corrected chi connectivity index (χ1v) is 7.60. The largest absolute Gasteiger partial charge is 0.453 e. The van der Waals surface area contributed by atoms with Crippen molar-refractivity contribution < 1.29 is 17.9 Å². The highest BCUT2D eigenvalue weighted by molar-refractivity contribution is 7.72. The Bertz CT molecular complexity index is 583. The zero-order valence-electron chi connectivity index (χ0n) is 10.8. The topological polar surface area (TPSA) is 75.7 Å². The highest BCUT2D eigenvalue weighted by Gasteiger charge is 2.27. The van der Waals surface area contributed by atoms with Crippen molar-refractivity contribution in [3.05, 3.63) is 23.8 Å². The molecule has 1 heterocycles. The average Bonchev–Trinajstić information content (AvgIpc) is 2.84. The summed E-state index contributed by atoms with van der Waals surface area (Å²) in [4.78, 5) is 11.4. The standard InChI is InChI=1S/C12H15ClN2O4S/c1-19-12(16)14-8-4-5-11(20(17)18)9(7-8)10-3-2-6-15(10)13/h4-5,7,10,20H,2-3,6H2,1H3,(H,14,16)/t10-/m1/s1. The predicted octanol–water partition coefficient (Wildman–Crippen LogP) is 2.13. The SMILES string of the molecule is COC(=O)Nc1ccc([SH](=O)=O)c([C@H]2CCCN2Cl)c1. The summed E-state index contributed by atoms with van der Waals surface area (Å²) in [6.45, 7) is 0.704. The molecule has 1 aromatic carbocycles. The minimum absolute atomic E-state index is 0.168. The molecule has 0 unspecified atom stereocenters. The van der Waals surface area contributed by atoms with Gasteiger partial charge in [0.25, 0.3) is 0 Å². The summed E-state index contributed by atoms with van der Waals surface area (Å²) in [6.07, 6.45) is 1.07. The molecule has 1 amide bonds. The van der Waals surface area contributed by atoms with Crippen LogP contribution in [0.25, 0.3) is 0 Å². The first-order valence-electron chi connectivity index (χ1n) is 6.08. The summed E-state index contributed by atoms with van der Waals surface area (Å²) in [5, 5.41) is 2.52. The van der Waals surface area contributed by atoms with Crippen molar-refractivity contribution in [2.75, 3.05) is 19.0 Å². The molecule has 1 saturated heterocycles. The number of nitrogens with zero attached hydrogens (tertiary/aromatic N) is 1. The Morgan fingerprint density at radius 3 is 2.80 bits per heavy atom. The van der Waals surface area contributed by atoms with Crippen LogP contribution >= 0.6 is 11.8 Å². The lowest BCUT2D eigenvalue weighted by Crippen LogP contribution is -2.15. The predicted molar refractivity (Wildman–Crippen MR) is 75.6 cm³/mol. The van der Waals surface area contributed by atoms with Gasteiger partial charge >= 0.3 is 6.09 Å². The van der Waals surface area contributed by atoms with E-state index < -0.39 is 16.8 Å². The fourth-order valence-corrected chi connectivity index (χ4v) is 3.22. The van der Waals surface area contributed by atoms with Crippen LogP contribution in [0.1, 0.15) is 24.4 Å². The lowest BCUT2D eigenvalue weighted by Gasteiger charge is -2.19. The van der Waals surface area contributed by atoms with Crippen molar-refractivity contribution in [3.8, 4) is 0 Å². The number of thiol groups is 1. The highest BCUT2D eigenvalue weighted by Crippen LogP contribution is 2.36. The fraction of sp³-hybridized carbons (Fsp3) is 0.417. The minimum atomic E-state index is -2.72. The maximum absolute atomic E-state index is 11.3. The summed E-state index contributed by atoms with van der Waals surface area (Å²) in [7, 11) is -1.46. The molecule has 1 aliphatic heterocycles. The molecule has 1 N–H and O–H groups in total. The molecular weight excluding hydrogens is 304 g/mol. The Morgan fingerprint density at radius 1 is 1.50 bits per heavy atom. The normalized spacial score (nSPS) is 19.2. The lowest BCUT2D eigenvalue weighted by atomic mass is 10.0. The van der Waals surface area contributed by atoms with Gasteiger partial charge in [-0.1, -0.05) is 0 Å². The number of halogens is 1. The van der Waals surface area contributed by atoms with Gasteiger partial charge < -0.3 is 4.74 Å². The molecule has 0 aliphatic carbocycles. The number of amides is 1. The third-order valence-corrected chi connectivity index (χ3v) is 4.41. The van der Waals surface area contributed by atoms with E-state index in [1.165, 1.54) is 19.2 Å². The van der Waals surface area contributed by atoms with Crippen LogP contribution in [0, 0.1) is 0 Å². The Labute approximate surface area is 123 Å². The van der Waals surface area contributed by atoms with E-state index in [0.717, 1.165) is 12.8 Å². The van der Waals surface area contributed by atoms with Gasteiger partial charge in [0.1, 0.15) is 0 Å². The van der Waals surface area contributed by atoms with Crippen LogP contribution in [-0.2, 0) is 15.4 Å². The van der Waals surface area contributed by atoms with Crippen LogP contribution in [0.4, 0.5) is 10.5 Å². The van der Waals surface area contributed by atoms with Gasteiger partial charge in [-0.05, 0) is 48.4 Å². The van der Waals surface area contributed by atoms with Crippen LogP contribution in [0.15, 0.2) is 23.1 Å². The molecule has 1 aliphatic rings. The first kappa shape index (κ1) is 15.1. The summed E-state index contributed by atoms with van der Waals surface area (Å²) >= 11 is 6.10.